The fourth-order valence-corrected chi connectivity index (χ4v) is 3.73. The second kappa shape index (κ2) is 8.43. The van der Waals surface area contributed by atoms with Crippen LogP contribution in [0.15, 0.2) is 12.1 Å². The van der Waals surface area contributed by atoms with Gasteiger partial charge in [0.25, 0.3) is 0 Å². The van der Waals surface area contributed by atoms with Crippen molar-refractivity contribution in [3.8, 4) is 11.5 Å². The summed E-state index contributed by atoms with van der Waals surface area (Å²) < 4.78 is 10.9. The Morgan fingerprint density at radius 1 is 1.20 bits per heavy atom. The number of carbonyl (C=O) groups excluding carboxylic acids is 1. The number of fused-ring (bicyclic) bond motifs is 1. The van der Waals surface area contributed by atoms with Crippen LogP contribution in [-0.4, -0.2) is 45.4 Å². The fourth-order valence-electron chi connectivity index (χ4n) is 3.73. The van der Waals surface area contributed by atoms with Crippen molar-refractivity contribution in [1.82, 2.24) is 10.6 Å². The third-order valence-corrected chi connectivity index (χ3v) is 4.87. The summed E-state index contributed by atoms with van der Waals surface area (Å²) in [6, 6.07) is 4.34. The van der Waals surface area contributed by atoms with E-state index >= 15 is 0 Å². The Labute approximate surface area is 150 Å². The lowest BCUT2D eigenvalue weighted by Gasteiger charge is -2.37. The Balaban J connectivity index is 2.33. The zero-order valence-electron chi connectivity index (χ0n) is 16.2. The maximum absolute atomic E-state index is 12.2. The van der Waals surface area contributed by atoms with Gasteiger partial charge in [-0.3, -0.25) is 0 Å². The van der Waals surface area contributed by atoms with Crippen LogP contribution in [0, 0.1) is 0 Å². The highest BCUT2D eigenvalue weighted by Gasteiger charge is 2.36. The molecule has 1 aromatic carbocycles. The van der Waals surface area contributed by atoms with E-state index in [1.54, 1.807) is 14.2 Å². The van der Waals surface area contributed by atoms with Crippen LogP contribution >= 0.6 is 0 Å². The van der Waals surface area contributed by atoms with E-state index in [1.807, 2.05) is 13.8 Å². The van der Waals surface area contributed by atoms with E-state index in [1.165, 1.54) is 16.0 Å². The van der Waals surface area contributed by atoms with Crippen molar-refractivity contribution in [2.45, 2.75) is 52.2 Å². The number of amides is 2. The standard InChI is InChI=1S/C19H31N3O3/c1-7-22-9-8-14-10-16(24-5)17(25-6)11-15(14)18(22)13(4)21-19(23)20-12(2)3/h10-13,18H,7-9H2,1-6H3,(H2,20,21,23)/p+1/t13-,18+/m1/s1. The third kappa shape index (κ3) is 4.37. The highest BCUT2D eigenvalue weighted by atomic mass is 16.5. The van der Waals surface area contributed by atoms with Gasteiger partial charge >= 0.3 is 6.03 Å². The normalized spacial score (nSPS) is 20.6. The number of likely N-dealkylation sites (N-methyl/N-ethyl adjacent to an activating group) is 1. The molecule has 1 aliphatic heterocycles. The SMILES string of the molecule is CC[NH+]1CCc2cc(OC)c(OC)cc2[C@@H]1[C@@H](C)NC(=O)NC(C)C. The number of ether oxygens (including phenoxy) is 2. The molecule has 3 atom stereocenters. The second-order valence-corrected chi connectivity index (χ2v) is 6.96. The highest BCUT2D eigenvalue weighted by Crippen LogP contribution is 2.34. The van der Waals surface area contributed by atoms with Crippen LogP contribution in [0.4, 0.5) is 4.79 Å². The van der Waals surface area contributed by atoms with E-state index in [2.05, 4.69) is 36.6 Å². The minimum atomic E-state index is -0.120. The molecule has 1 heterocycles. The number of methoxy groups -OCH3 is 2. The molecule has 0 saturated carbocycles. The quantitative estimate of drug-likeness (QED) is 0.725. The zero-order chi connectivity index (χ0) is 18.6. The monoisotopic (exact) mass is 350 g/mol. The summed E-state index contributed by atoms with van der Waals surface area (Å²) >= 11 is 0. The maximum Gasteiger partial charge on any atom is 0.315 e. The number of hydrogen-bond acceptors (Lipinski definition) is 3. The fraction of sp³-hybridized carbons (Fsp3) is 0.632. The first kappa shape index (κ1) is 19.4. The molecule has 0 bridgehead atoms. The van der Waals surface area contributed by atoms with Crippen LogP contribution in [0.1, 0.15) is 44.9 Å². The molecule has 140 valence electrons. The molecular weight excluding hydrogens is 318 g/mol. The molecule has 6 heteroatoms. The lowest BCUT2D eigenvalue weighted by atomic mass is 9.88. The maximum atomic E-state index is 12.2. The summed E-state index contributed by atoms with van der Waals surface area (Å²) in [6.45, 7) is 10.2. The minimum Gasteiger partial charge on any atom is -0.493 e. The van der Waals surface area contributed by atoms with Gasteiger partial charge in [-0.15, -0.1) is 0 Å². The van der Waals surface area contributed by atoms with Crippen LogP contribution < -0.4 is 25.0 Å². The summed E-state index contributed by atoms with van der Waals surface area (Å²) in [5, 5.41) is 6.02. The van der Waals surface area contributed by atoms with Crippen molar-refractivity contribution in [2.75, 3.05) is 27.3 Å². The molecule has 1 unspecified atom stereocenters. The first-order chi connectivity index (χ1) is 11.9. The molecule has 0 aliphatic carbocycles. The van der Waals surface area contributed by atoms with Gasteiger partial charge in [-0.25, -0.2) is 4.79 Å². The molecule has 0 spiro atoms. The number of urea groups is 1. The Morgan fingerprint density at radius 3 is 2.40 bits per heavy atom. The Hall–Kier alpha value is -1.95. The molecule has 3 N–H and O–H groups in total. The van der Waals surface area contributed by atoms with Gasteiger partial charge < -0.3 is 25.0 Å². The number of nitrogens with one attached hydrogen (secondary N) is 3. The van der Waals surface area contributed by atoms with Gasteiger partial charge in [-0.2, -0.15) is 0 Å². The first-order valence-electron chi connectivity index (χ1n) is 9.07. The van der Waals surface area contributed by atoms with Crippen LogP contribution in [-0.2, 0) is 6.42 Å². The predicted molar refractivity (Wildman–Crippen MR) is 98.6 cm³/mol. The van der Waals surface area contributed by atoms with E-state index in [0.29, 0.717) is 0 Å². The van der Waals surface area contributed by atoms with Gasteiger partial charge in [0.1, 0.15) is 6.04 Å². The largest absolute Gasteiger partial charge is 0.493 e. The van der Waals surface area contributed by atoms with Crippen LogP contribution in [0.25, 0.3) is 0 Å². The molecule has 1 aromatic rings. The molecule has 0 aromatic heterocycles. The summed E-state index contributed by atoms with van der Waals surface area (Å²) in [4.78, 5) is 13.6. The van der Waals surface area contributed by atoms with Crippen molar-refractivity contribution in [3.05, 3.63) is 23.3 Å². The second-order valence-electron chi connectivity index (χ2n) is 6.96. The van der Waals surface area contributed by atoms with Crippen LogP contribution in [0.3, 0.4) is 0 Å². The lowest BCUT2D eigenvalue weighted by Crippen LogP contribution is -3.14. The van der Waals surface area contributed by atoms with Crippen molar-refractivity contribution >= 4 is 6.03 Å². The average Bonchev–Trinajstić information content (AvgIpc) is 2.58. The van der Waals surface area contributed by atoms with Crippen molar-refractivity contribution in [3.63, 3.8) is 0 Å². The van der Waals surface area contributed by atoms with Crippen LogP contribution in [0.2, 0.25) is 0 Å². The first-order valence-corrected chi connectivity index (χ1v) is 9.07. The Kier molecular flexibility index (Phi) is 6.53. The summed E-state index contributed by atoms with van der Waals surface area (Å²) in [5.41, 5.74) is 2.51. The molecule has 0 saturated heterocycles. The molecule has 0 fully saturated rings. The van der Waals surface area contributed by atoms with Gasteiger partial charge in [-0.05, 0) is 45.4 Å². The van der Waals surface area contributed by atoms with Gasteiger partial charge in [0, 0.05) is 18.0 Å². The number of rotatable bonds is 6. The van der Waals surface area contributed by atoms with E-state index in [9.17, 15) is 4.79 Å². The van der Waals surface area contributed by atoms with Crippen molar-refractivity contribution in [1.29, 1.82) is 0 Å². The van der Waals surface area contributed by atoms with Crippen LogP contribution in [0.5, 0.6) is 11.5 Å². The molecule has 1 aliphatic rings. The molecular formula is C19H32N3O3+. The minimum absolute atomic E-state index is 0.00542. The van der Waals surface area contributed by atoms with E-state index < -0.39 is 0 Å². The topological polar surface area (TPSA) is 64.0 Å². The lowest BCUT2D eigenvalue weighted by molar-refractivity contribution is -0.933. The summed E-state index contributed by atoms with van der Waals surface area (Å²) in [7, 11) is 3.32. The predicted octanol–water partition coefficient (Wildman–Crippen LogP) is 1.30. The van der Waals surface area contributed by atoms with Crippen molar-refractivity contribution in [2.24, 2.45) is 0 Å². The van der Waals surface area contributed by atoms with Gasteiger partial charge in [-0.1, -0.05) is 0 Å². The zero-order valence-corrected chi connectivity index (χ0v) is 16.2. The van der Waals surface area contributed by atoms with Gasteiger partial charge in [0.2, 0.25) is 0 Å². The molecule has 25 heavy (non-hydrogen) atoms. The average molecular weight is 350 g/mol. The van der Waals surface area contributed by atoms with Gasteiger partial charge in [0.05, 0.1) is 33.4 Å². The van der Waals surface area contributed by atoms with Gasteiger partial charge in [0.15, 0.2) is 11.5 Å². The molecule has 6 nitrogen and oxygen atoms in total. The summed E-state index contributed by atoms with van der Waals surface area (Å²) in [6.07, 6.45) is 1.00. The number of carbonyl (C=O) groups is 1. The van der Waals surface area contributed by atoms with E-state index in [0.717, 1.165) is 31.0 Å². The molecule has 2 amide bonds. The summed E-state index contributed by atoms with van der Waals surface area (Å²) in [5.74, 6) is 1.50. The molecule has 0 radical (unpaired) electrons. The van der Waals surface area contributed by atoms with Crippen molar-refractivity contribution < 1.29 is 19.2 Å². The number of quaternary nitrogens is 1. The smallest absolute Gasteiger partial charge is 0.315 e. The highest BCUT2D eigenvalue weighted by molar-refractivity contribution is 5.74. The molecule has 2 rings (SSSR count). The van der Waals surface area contributed by atoms with E-state index in [-0.39, 0.29) is 24.2 Å². The Bertz CT molecular complexity index is 604. The number of benzene rings is 1. The third-order valence-electron chi connectivity index (χ3n) is 4.87. The Morgan fingerprint density at radius 2 is 1.84 bits per heavy atom. The van der Waals surface area contributed by atoms with E-state index in [4.69, 9.17) is 9.47 Å². The number of hydrogen-bond donors (Lipinski definition) is 3.